The van der Waals surface area contributed by atoms with Crippen molar-refractivity contribution < 1.29 is 4.79 Å². The van der Waals surface area contributed by atoms with Crippen LogP contribution in [0.15, 0.2) is 0 Å². The van der Waals surface area contributed by atoms with Crippen LogP contribution in [0.5, 0.6) is 0 Å². The summed E-state index contributed by atoms with van der Waals surface area (Å²) in [5.74, 6) is 1.35. The van der Waals surface area contributed by atoms with Crippen LogP contribution in [-0.4, -0.2) is 64.7 Å². The summed E-state index contributed by atoms with van der Waals surface area (Å²) in [4.78, 5) is 20.2. The molecule has 0 spiro atoms. The lowest BCUT2D eigenvalue weighted by atomic mass is 10.3. The molecule has 1 rings (SSSR count). The third-order valence-electron chi connectivity index (χ3n) is 2.83. The molecule has 0 fully saturated rings. The van der Waals surface area contributed by atoms with Crippen molar-refractivity contribution in [2.24, 2.45) is 0 Å². The Morgan fingerprint density at radius 3 is 2.58 bits per heavy atom. The number of nitrogens with one attached hydrogen (secondary N) is 2. The van der Waals surface area contributed by atoms with Gasteiger partial charge in [0.05, 0.1) is 6.04 Å². The SMILES string of the molecule is CCN(CCN(C)C)C(=O)N[C@@H](C)c1n[nH]c(C)n1. The van der Waals surface area contributed by atoms with Crippen molar-refractivity contribution in [1.82, 2.24) is 30.3 Å². The Balaban J connectivity index is 2.52. The molecule has 1 heterocycles. The fourth-order valence-electron chi connectivity index (χ4n) is 1.62. The van der Waals surface area contributed by atoms with Crippen LogP contribution in [0.2, 0.25) is 0 Å². The zero-order valence-electron chi connectivity index (χ0n) is 12.4. The predicted octanol–water partition coefficient (Wildman–Crippen LogP) is 0.767. The highest BCUT2D eigenvalue weighted by Gasteiger charge is 2.17. The van der Waals surface area contributed by atoms with Gasteiger partial charge in [-0.2, -0.15) is 5.10 Å². The lowest BCUT2D eigenvalue weighted by molar-refractivity contribution is 0.191. The molecule has 0 unspecified atom stereocenters. The van der Waals surface area contributed by atoms with Crippen molar-refractivity contribution in [3.63, 3.8) is 0 Å². The number of amides is 2. The number of likely N-dealkylation sites (N-methyl/N-ethyl adjacent to an activating group) is 2. The van der Waals surface area contributed by atoms with Crippen molar-refractivity contribution >= 4 is 6.03 Å². The van der Waals surface area contributed by atoms with Gasteiger partial charge >= 0.3 is 6.03 Å². The second-order valence-electron chi connectivity index (χ2n) is 4.83. The number of carbonyl (C=O) groups excluding carboxylic acids is 1. The van der Waals surface area contributed by atoms with E-state index in [0.717, 1.165) is 12.4 Å². The Labute approximate surface area is 114 Å². The van der Waals surface area contributed by atoms with Gasteiger partial charge in [0.2, 0.25) is 0 Å². The fourth-order valence-corrected chi connectivity index (χ4v) is 1.62. The summed E-state index contributed by atoms with van der Waals surface area (Å²) in [6.07, 6.45) is 0. The number of hydrogen-bond donors (Lipinski definition) is 2. The second-order valence-corrected chi connectivity index (χ2v) is 4.83. The molecular weight excluding hydrogens is 244 g/mol. The van der Waals surface area contributed by atoms with Crippen molar-refractivity contribution in [2.45, 2.75) is 26.8 Å². The van der Waals surface area contributed by atoms with Gasteiger partial charge in [-0.15, -0.1) is 0 Å². The summed E-state index contributed by atoms with van der Waals surface area (Å²) in [6, 6.07) is -0.287. The maximum absolute atomic E-state index is 12.1. The first-order valence-electron chi connectivity index (χ1n) is 6.53. The third kappa shape index (κ3) is 4.86. The van der Waals surface area contributed by atoms with Gasteiger partial charge in [-0.25, -0.2) is 9.78 Å². The van der Waals surface area contributed by atoms with Gasteiger partial charge in [0.1, 0.15) is 5.82 Å². The molecule has 1 atom stereocenters. The molecule has 108 valence electrons. The number of H-pyrrole nitrogens is 1. The minimum absolute atomic E-state index is 0.0840. The van der Waals surface area contributed by atoms with Crippen LogP contribution in [-0.2, 0) is 0 Å². The molecule has 7 nitrogen and oxygen atoms in total. The molecule has 0 aromatic carbocycles. The van der Waals surface area contributed by atoms with Gasteiger partial charge in [-0.05, 0) is 34.9 Å². The van der Waals surface area contributed by atoms with E-state index in [9.17, 15) is 4.79 Å². The zero-order valence-corrected chi connectivity index (χ0v) is 12.4. The molecule has 2 amide bonds. The van der Waals surface area contributed by atoms with Crippen molar-refractivity contribution in [3.05, 3.63) is 11.6 Å². The maximum atomic E-state index is 12.1. The van der Waals surface area contributed by atoms with E-state index in [4.69, 9.17) is 0 Å². The number of nitrogens with zero attached hydrogens (tertiary/aromatic N) is 4. The standard InChI is InChI=1S/C12H24N6O/c1-6-18(8-7-17(4)5)12(19)13-9(2)11-14-10(3)15-16-11/h9H,6-8H2,1-5H3,(H,13,19)(H,14,15,16)/t9-/m0/s1. The number of urea groups is 1. The Morgan fingerprint density at radius 2 is 2.11 bits per heavy atom. The third-order valence-corrected chi connectivity index (χ3v) is 2.83. The first kappa shape index (κ1) is 15.4. The number of aromatic amines is 1. The number of aryl methyl sites for hydroxylation is 1. The molecule has 1 aromatic heterocycles. The van der Waals surface area contributed by atoms with Gasteiger partial charge < -0.3 is 15.1 Å². The Bertz CT molecular complexity index is 403. The molecule has 0 saturated carbocycles. The number of aromatic nitrogens is 3. The van der Waals surface area contributed by atoms with E-state index in [1.54, 1.807) is 4.90 Å². The van der Waals surface area contributed by atoms with Crippen LogP contribution < -0.4 is 5.32 Å². The minimum Gasteiger partial charge on any atom is -0.328 e. The Hall–Kier alpha value is -1.63. The summed E-state index contributed by atoms with van der Waals surface area (Å²) in [5.41, 5.74) is 0. The van der Waals surface area contributed by atoms with Gasteiger partial charge in [-0.1, -0.05) is 0 Å². The molecule has 0 aliphatic carbocycles. The van der Waals surface area contributed by atoms with Crippen LogP contribution >= 0.6 is 0 Å². The maximum Gasteiger partial charge on any atom is 0.318 e. The fraction of sp³-hybridized carbons (Fsp3) is 0.750. The predicted molar refractivity (Wildman–Crippen MR) is 73.9 cm³/mol. The smallest absolute Gasteiger partial charge is 0.318 e. The van der Waals surface area contributed by atoms with E-state index >= 15 is 0 Å². The molecule has 7 heteroatoms. The largest absolute Gasteiger partial charge is 0.328 e. The van der Waals surface area contributed by atoms with E-state index in [2.05, 4.69) is 25.4 Å². The number of rotatable bonds is 6. The van der Waals surface area contributed by atoms with Crippen LogP contribution in [0.25, 0.3) is 0 Å². The molecular formula is C12H24N6O. The molecule has 0 aliphatic rings. The summed E-state index contributed by atoms with van der Waals surface area (Å²) in [6.45, 7) is 7.90. The number of carbonyl (C=O) groups is 1. The highest BCUT2D eigenvalue weighted by Crippen LogP contribution is 2.06. The van der Waals surface area contributed by atoms with Crippen molar-refractivity contribution in [2.75, 3.05) is 33.7 Å². The lowest BCUT2D eigenvalue weighted by Crippen LogP contribution is -2.43. The van der Waals surface area contributed by atoms with E-state index in [1.165, 1.54) is 0 Å². The van der Waals surface area contributed by atoms with Crippen LogP contribution in [0.3, 0.4) is 0 Å². The summed E-state index contributed by atoms with van der Waals surface area (Å²) < 4.78 is 0. The highest BCUT2D eigenvalue weighted by atomic mass is 16.2. The lowest BCUT2D eigenvalue weighted by Gasteiger charge is -2.24. The monoisotopic (exact) mass is 268 g/mol. The van der Waals surface area contributed by atoms with E-state index in [1.807, 2.05) is 34.9 Å². The topological polar surface area (TPSA) is 77.1 Å². The first-order valence-corrected chi connectivity index (χ1v) is 6.53. The van der Waals surface area contributed by atoms with Crippen LogP contribution in [0.4, 0.5) is 4.79 Å². The van der Waals surface area contributed by atoms with E-state index in [0.29, 0.717) is 18.9 Å². The van der Waals surface area contributed by atoms with Crippen molar-refractivity contribution in [1.29, 1.82) is 0 Å². The Kier molecular flexibility index (Phi) is 5.75. The molecule has 0 bridgehead atoms. The van der Waals surface area contributed by atoms with Crippen molar-refractivity contribution in [3.8, 4) is 0 Å². The molecule has 2 N–H and O–H groups in total. The molecule has 1 aromatic rings. The van der Waals surface area contributed by atoms with Gasteiger partial charge in [0.25, 0.3) is 0 Å². The van der Waals surface area contributed by atoms with Gasteiger partial charge in [0, 0.05) is 19.6 Å². The second kappa shape index (κ2) is 7.08. The number of hydrogen-bond acceptors (Lipinski definition) is 4. The summed E-state index contributed by atoms with van der Waals surface area (Å²) >= 11 is 0. The average molecular weight is 268 g/mol. The van der Waals surface area contributed by atoms with Crippen LogP contribution in [0.1, 0.15) is 31.5 Å². The summed E-state index contributed by atoms with van der Waals surface area (Å²) in [7, 11) is 3.98. The molecule has 0 radical (unpaired) electrons. The molecule has 19 heavy (non-hydrogen) atoms. The quantitative estimate of drug-likeness (QED) is 0.799. The Morgan fingerprint density at radius 1 is 1.42 bits per heavy atom. The van der Waals surface area contributed by atoms with Gasteiger partial charge in [-0.3, -0.25) is 5.10 Å². The molecule has 0 saturated heterocycles. The first-order chi connectivity index (χ1) is 8.93. The summed E-state index contributed by atoms with van der Waals surface area (Å²) in [5, 5.41) is 9.73. The minimum atomic E-state index is -0.203. The van der Waals surface area contributed by atoms with Gasteiger partial charge in [0.15, 0.2) is 5.82 Å². The van der Waals surface area contributed by atoms with E-state index < -0.39 is 0 Å². The highest BCUT2D eigenvalue weighted by molar-refractivity contribution is 5.74. The normalized spacial score (nSPS) is 12.5. The van der Waals surface area contributed by atoms with E-state index in [-0.39, 0.29) is 12.1 Å². The zero-order chi connectivity index (χ0) is 14.4. The molecule has 0 aliphatic heterocycles. The van der Waals surface area contributed by atoms with Crippen LogP contribution in [0, 0.1) is 6.92 Å². The average Bonchev–Trinajstić information content (AvgIpc) is 2.76.